The summed E-state index contributed by atoms with van der Waals surface area (Å²) in [6.07, 6.45) is 1.15. The number of nitrogens with zero attached hydrogens (tertiary/aromatic N) is 1. The second kappa shape index (κ2) is 9.92. The zero-order valence-corrected chi connectivity index (χ0v) is 18.9. The van der Waals surface area contributed by atoms with E-state index in [0.717, 1.165) is 11.6 Å². The van der Waals surface area contributed by atoms with Gasteiger partial charge in [0.05, 0.1) is 5.92 Å². The molecular weight excluding hydrogens is 439 g/mol. The Kier molecular flexibility index (Phi) is 6.79. The van der Waals surface area contributed by atoms with Crippen LogP contribution in [0.3, 0.4) is 0 Å². The number of aromatic hydroxyl groups is 1. The van der Waals surface area contributed by atoms with Crippen LogP contribution in [0.1, 0.15) is 31.2 Å². The van der Waals surface area contributed by atoms with Gasteiger partial charge in [0.25, 0.3) is 0 Å². The SMILES string of the molecule is CCCC(C(=O)Nc1oc(-c2ccccc2)nc1-c1ccccc1S)c1ccc(F)cc1O. The summed E-state index contributed by atoms with van der Waals surface area (Å²) in [6, 6.07) is 20.4. The summed E-state index contributed by atoms with van der Waals surface area (Å²) in [4.78, 5) is 18.7. The van der Waals surface area contributed by atoms with Crippen LogP contribution in [-0.2, 0) is 4.79 Å². The molecule has 1 atom stereocenters. The number of carbonyl (C=O) groups excluding carboxylic acids is 1. The van der Waals surface area contributed by atoms with Crippen molar-refractivity contribution >= 4 is 24.4 Å². The van der Waals surface area contributed by atoms with Gasteiger partial charge in [-0.25, -0.2) is 9.37 Å². The van der Waals surface area contributed by atoms with Crippen LogP contribution in [0.2, 0.25) is 0 Å². The molecule has 1 unspecified atom stereocenters. The Morgan fingerprint density at radius 3 is 2.55 bits per heavy atom. The Bertz CT molecular complexity index is 1270. The number of halogens is 1. The lowest BCUT2D eigenvalue weighted by Crippen LogP contribution is -2.21. The summed E-state index contributed by atoms with van der Waals surface area (Å²) in [7, 11) is 0. The van der Waals surface area contributed by atoms with Gasteiger partial charge in [-0.2, -0.15) is 0 Å². The molecule has 33 heavy (non-hydrogen) atoms. The smallest absolute Gasteiger partial charge is 0.234 e. The van der Waals surface area contributed by atoms with E-state index in [0.29, 0.717) is 40.4 Å². The molecule has 7 heteroatoms. The molecule has 0 saturated carbocycles. The third-order valence-electron chi connectivity index (χ3n) is 5.31. The van der Waals surface area contributed by atoms with Crippen molar-refractivity contribution in [1.29, 1.82) is 0 Å². The van der Waals surface area contributed by atoms with Crippen LogP contribution >= 0.6 is 12.6 Å². The van der Waals surface area contributed by atoms with Gasteiger partial charge in [-0.1, -0.05) is 55.8 Å². The topological polar surface area (TPSA) is 75.4 Å². The Morgan fingerprint density at radius 1 is 1.12 bits per heavy atom. The monoisotopic (exact) mass is 462 g/mol. The summed E-state index contributed by atoms with van der Waals surface area (Å²) in [6.45, 7) is 1.94. The van der Waals surface area contributed by atoms with Crippen LogP contribution in [0.5, 0.6) is 5.75 Å². The summed E-state index contributed by atoms with van der Waals surface area (Å²) < 4.78 is 19.5. The highest BCUT2D eigenvalue weighted by Gasteiger charge is 2.27. The lowest BCUT2D eigenvalue weighted by molar-refractivity contribution is -0.117. The molecule has 0 aliphatic heterocycles. The van der Waals surface area contributed by atoms with Gasteiger partial charge in [-0.05, 0) is 30.7 Å². The maximum absolute atomic E-state index is 13.5. The highest BCUT2D eigenvalue weighted by atomic mass is 32.1. The van der Waals surface area contributed by atoms with E-state index < -0.39 is 11.7 Å². The highest BCUT2D eigenvalue weighted by Crippen LogP contribution is 2.37. The fourth-order valence-electron chi connectivity index (χ4n) is 3.69. The first-order valence-corrected chi connectivity index (χ1v) is 11.1. The minimum Gasteiger partial charge on any atom is -0.508 e. The van der Waals surface area contributed by atoms with Crippen LogP contribution in [0.4, 0.5) is 10.3 Å². The van der Waals surface area contributed by atoms with E-state index in [1.165, 1.54) is 12.1 Å². The lowest BCUT2D eigenvalue weighted by Gasteiger charge is -2.17. The molecule has 0 radical (unpaired) electrons. The first-order valence-electron chi connectivity index (χ1n) is 10.6. The molecule has 0 aliphatic carbocycles. The normalized spacial score (nSPS) is 11.8. The van der Waals surface area contributed by atoms with Gasteiger partial charge in [0.1, 0.15) is 17.3 Å². The second-order valence-corrected chi connectivity index (χ2v) is 8.10. The molecule has 168 valence electrons. The molecule has 1 aromatic heterocycles. The van der Waals surface area contributed by atoms with Crippen LogP contribution in [-0.4, -0.2) is 16.0 Å². The Labute approximate surface area is 196 Å². The van der Waals surface area contributed by atoms with Crippen LogP contribution in [0.25, 0.3) is 22.7 Å². The molecule has 4 rings (SSSR count). The molecule has 2 N–H and O–H groups in total. The Morgan fingerprint density at radius 2 is 1.85 bits per heavy atom. The highest BCUT2D eigenvalue weighted by molar-refractivity contribution is 7.80. The van der Waals surface area contributed by atoms with Crippen molar-refractivity contribution < 1.29 is 18.7 Å². The van der Waals surface area contributed by atoms with Gasteiger partial charge < -0.3 is 9.52 Å². The van der Waals surface area contributed by atoms with E-state index in [4.69, 9.17) is 4.42 Å². The van der Waals surface area contributed by atoms with Crippen LogP contribution < -0.4 is 5.32 Å². The lowest BCUT2D eigenvalue weighted by atomic mass is 9.92. The zero-order valence-electron chi connectivity index (χ0n) is 18.0. The van der Waals surface area contributed by atoms with Crippen molar-refractivity contribution in [2.24, 2.45) is 0 Å². The summed E-state index contributed by atoms with van der Waals surface area (Å²) >= 11 is 4.54. The molecule has 0 spiro atoms. The minimum atomic E-state index is -0.694. The number of anilines is 1. The quantitative estimate of drug-likeness (QED) is 0.268. The Balaban J connectivity index is 1.74. The first kappa shape index (κ1) is 22.6. The van der Waals surface area contributed by atoms with Crippen molar-refractivity contribution in [3.8, 4) is 28.5 Å². The molecule has 4 aromatic rings. The van der Waals surface area contributed by atoms with Crippen molar-refractivity contribution in [2.45, 2.75) is 30.6 Å². The number of phenolic OH excluding ortho intramolecular Hbond substituents is 1. The minimum absolute atomic E-state index is 0.183. The zero-order chi connectivity index (χ0) is 23.4. The summed E-state index contributed by atoms with van der Waals surface area (Å²) in [5.41, 5.74) is 2.27. The fourth-order valence-corrected chi connectivity index (χ4v) is 3.96. The van der Waals surface area contributed by atoms with Gasteiger partial charge in [0.2, 0.25) is 17.7 Å². The number of carbonyl (C=O) groups is 1. The molecular formula is C26H23FN2O3S. The van der Waals surface area contributed by atoms with E-state index in [1.54, 1.807) is 0 Å². The number of amides is 1. The number of oxazole rings is 1. The van der Waals surface area contributed by atoms with Gasteiger partial charge in [0, 0.05) is 27.7 Å². The third-order valence-corrected chi connectivity index (χ3v) is 5.70. The number of aromatic nitrogens is 1. The van der Waals surface area contributed by atoms with Gasteiger partial charge in [-0.15, -0.1) is 12.6 Å². The Hall–Kier alpha value is -3.58. The maximum Gasteiger partial charge on any atom is 0.234 e. The largest absolute Gasteiger partial charge is 0.508 e. The molecule has 1 heterocycles. The first-order chi connectivity index (χ1) is 16.0. The fraction of sp³-hybridized carbons (Fsp3) is 0.154. The van der Waals surface area contributed by atoms with Crippen molar-refractivity contribution in [1.82, 2.24) is 4.98 Å². The maximum atomic E-state index is 13.5. The number of phenols is 1. The second-order valence-electron chi connectivity index (χ2n) is 7.61. The predicted molar refractivity (Wildman–Crippen MR) is 129 cm³/mol. The van der Waals surface area contributed by atoms with Crippen molar-refractivity contribution in [2.75, 3.05) is 5.32 Å². The molecule has 0 fully saturated rings. The number of rotatable bonds is 7. The van der Waals surface area contributed by atoms with Crippen molar-refractivity contribution in [3.05, 3.63) is 84.2 Å². The predicted octanol–water partition coefficient (Wildman–Crippen LogP) is 6.66. The number of thiol groups is 1. The average molecular weight is 463 g/mol. The molecule has 0 bridgehead atoms. The van der Waals surface area contributed by atoms with Crippen molar-refractivity contribution in [3.63, 3.8) is 0 Å². The summed E-state index contributed by atoms with van der Waals surface area (Å²) in [5, 5.41) is 13.1. The number of nitrogens with one attached hydrogen (secondary N) is 1. The standard InChI is InChI=1S/C26H23FN2O3S/c1-2-8-19(18-14-13-17(27)15-21(18)30)24(31)29-26-23(20-11-6-7-12-22(20)33)28-25(32-26)16-9-4-3-5-10-16/h3-7,9-15,19,30,33H,2,8H2,1H3,(H,29,31). The van der Waals surface area contributed by atoms with E-state index in [1.807, 2.05) is 61.5 Å². The van der Waals surface area contributed by atoms with Gasteiger partial charge in [0.15, 0.2) is 0 Å². The molecule has 0 aliphatic rings. The van der Waals surface area contributed by atoms with E-state index in [9.17, 15) is 14.3 Å². The van der Waals surface area contributed by atoms with E-state index in [2.05, 4.69) is 22.9 Å². The van der Waals surface area contributed by atoms with Crippen LogP contribution in [0.15, 0.2) is 82.1 Å². The van der Waals surface area contributed by atoms with E-state index in [-0.39, 0.29) is 17.5 Å². The molecule has 3 aromatic carbocycles. The molecule has 0 saturated heterocycles. The number of hydrogen-bond acceptors (Lipinski definition) is 5. The van der Waals surface area contributed by atoms with E-state index >= 15 is 0 Å². The summed E-state index contributed by atoms with van der Waals surface area (Å²) in [5.74, 6) is -1.36. The van der Waals surface area contributed by atoms with Crippen LogP contribution in [0, 0.1) is 5.82 Å². The van der Waals surface area contributed by atoms with Gasteiger partial charge in [-0.3, -0.25) is 10.1 Å². The molecule has 5 nitrogen and oxygen atoms in total. The molecule has 1 amide bonds. The average Bonchev–Trinajstić information content (AvgIpc) is 3.22. The number of benzene rings is 3. The van der Waals surface area contributed by atoms with Gasteiger partial charge >= 0.3 is 0 Å². The number of hydrogen-bond donors (Lipinski definition) is 3. The third kappa shape index (κ3) is 4.93.